The molecule has 4 rings (SSSR count). The standard InChI is InChI=1S/C22H14BrN3O6/c1-12-4-2-3-5-18(12)25-21(28)16(20(27)24-22(25)29)11-14-7-9-19(32-14)15-8-6-13(26(30)31)10-17(15)23/h2-11H,1H3,(H,24,27,29)/b16-11-. The molecule has 2 aromatic carbocycles. The number of nitro benzene ring substituents is 1. The maximum absolute atomic E-state index is 13.0. The van der Waals surface area contributed by atoms with Crippen molar-refractivity contribution in [3.05, 3.63) is 86.1 Å². The molecule has 160 valence electrons. The third-order valence-electron chi connectivity index (χ3n) is 4.80. The van der Waals surface area contributed by atoms with Crippen molar-refractivity contribution in [3.8, 4) is 11.3 Å². The first-order valence-corrected chi connectivity index (χ1v) is 10.1. The van der Waals surface area contributed by atoms with Gasteiger partial charge in [-0.15, -0.1) is 0 Å². The number of barbiturate groups is 1. The van der Waals surface area contributed by atoms with E-state index < -0.39 is 22.8 Å². The molecule has 9 nitrogen and oxygen atoms in total. The fourth-order valence-corrected chi connectivity index (χ4v) is 3.79. The van der Waals surface area contributed by atoms with Crippen LogP contribution in [0.2, 0.25) is 0 Å². The highest BCUT2D eigenvalue weighted by Crippen LogP contribution is 2.33. The maximum atomic E-state index is 13.0. The Morgan fingerprint density at radius 3 is 2.53 bits per heavy atom. The van der Waals surface area contributed by atoms with Gasteiger partial charge in [-0.3, -0.25) is 25.0 Å². The van der Waals surface area contributed by atoms with Crippen LogP contribution in [-0.2, 0) is 9.59 Å². The van der Waals surface area contributed by atoms with Crippen molar-refractivity contribution in [1.29, 1.82) is 0 Å². The molecule has 1 aliphatic heterocycles. The SMILES string of the molecule is Cc1ccccc1N1C(=O)NC(=O)/C(=C/c2ccc(-c3ccc([N+](=O)[O-])cc3Br)o2)C1=O. The van der Waals surface area contributed by atoms with Crippen LogP contribution in [0.3, 0.4) is 0 Å². The van der Waals surface area contributed by atoms with E-state index in [1.807, 2.05) is 0 Å². The topological polar surface area (TPSA) is 123 Å². The number of urea groups is 1. The lowest BCUT2D eigenvalue weighted by atomic mass is 10.1. The van der Waals surface area contributed by atoms with Crippen molar-refractivity contribution in [2.45, 2.75) is 6.92 Å². The number of halogens is 1. The predicted octanol–water partition coefficient (Wildman–Crippen LogP) is 4.59. The first kappa shape index (κ1) is 21.2. The van der Waals surface area contributed by atoms with E-state index in [1.165, 1.54) is 24.3 Å². The van der Waals surface area contributed by atoms with E-state index in [1.54, 1.807) is 43.3 Å². The summed E-state index contributed by atoms with van der Waals surface area (Å²) >= 11 is 3.28. The number of carbonyl (C=O) groups is 3. The zero-order valence-corrected chi connectivity index (χ0v) is 18.1. The van der Waals surface area contributed by atoms with Gasteiger partial charge >= 0.3 is 6.03 Å². The average Bonchev–Trinajstić information content (AvgIpc) is 3.20. The molecular weight excluding hydrogens is 482 g/mol. The first-order chi connectivity index (χ1) is 15.3. The molecule has 0 bridgehead atoms. The van der Waals surface area contributed by atoms with Gasteiger partial charge in [0.2, 0.25) is 0 Å². The minimum absolute atomic E-state index is 0.0834. The molecule has 1 N–H and O–H groups in total. The van der Waals surface area contributed by atoms with Crippen molar-refractivity contribution in [2.75, 3.05) is 4.90 Å². The summed E-state index contributed by atoms with van der Waals surface area (Å²) in [7, 11) is 0. The highest BCUT2D eigenvalue weighted by molar-refractivity contribution is 9.10. The summed E-state index contributed by atoms with van der Waals surface area (Å²) in [5.41, 5.74) is 1.25. The number of nitrogens with one attached hydrogen (secondary N) is 1. The van der Waals surface area contributed by atoms with Crippen LogP contribution in [0.4, 0.5) is 16.2 Å². The van der Waals surface area contributed by atoms with Gasteiger partial charge in [0, 0.05) is 22.2 Å². The number of amides is 4. The molecule has 0 aliphatic carbocycles. The molecule has 0 saturated carbocycles. The van der Waals surface area contributed by atoms with Crippen LogP contribution in [0.15, 0.2) is 69.1 Å². The van der Waals surface area contributed by atoms with Gasteiger partial charge < -0.3 is 4.42 Å². The lowest BCUT2D eigenvalue weighted by molar-refractivity contribution is -0.384. The van der Waals surface area contributed by atoms with Gasteiger partial charge in [0.05, 0.1) is 10.6 Å². The summed E-state index contributed by atoms with van der Waals surface area (Å²) in [6, 6.07) is 13.3. The summed E-state index contributed by atoms with van der Waals surface area (Å²) in [5, 5.41) is 13.1. The molecule has 10 heteroatoms. The Morgan fingerprint density at radius 2 is 1.84 bits per heavy atom. The molecule has 1 saturated heterocycles. The maximum Gasteiger partial charge on any atom is 0.335 e. The number of aryl methyl sites for hydroxylation is 1. The van der Waals surface area contributed by atoms with Crippen molar-refractivity contribution < 1.29 is 23.7 Å². The molecule has 0 spiro atoms. The van der Waals surface area contributed by atoms with E-state index in [-0.39, 0.29) is 17.0 Å². The average molecular weight is 496 g/mol. The zero-order chi connectivity index (χ0) is 23.0. The number of nitrogens with zero attached hydrogens (tertiary/aromatic N) is 2. The monoisotopic (exact) mass is 495 g/mol. The predicted molar refractivity (Wildman–Crippen MR) is 119 cm³/mol. The van der Waals surface area contributed by atoms with Crippen molar-refractivity contribution in [3.63, 3.8) is 0 Å². The molecule has 1 fully saturated rings. The van der Waals surface area contributed by atoms with Gasteiger partial charge in [0.1, 0.15) is 17.1 Å². The quantitative estimate of drug-likeness (QED) is 0.244. The van der Waals surface area contributed by atoms with Gasteiger partial charge in [-0.05, 0) is 58.8 Å². The van der Waals surface area contributed by atoms with E-state index in [0.717, 1.165) is 4.90 Å². The second-order valence-electron chi connectivity index (χ2n) is 6.87. The van der Waals surface area contributed by atoms with Gasteiger partial charge in [-0.25, -0.2) is 9.69 Å². The Bertz CT molecular complexity index is 1330. The lowest BCUT2D eigenvalue weighted by Crippen LogP contribution is -2.54. The Balaban J connectivity index is 1.68. The Hall–Kier alpha value is -4.05. The van der Waals surface area contributed by atoms with E-state index in [9.17, 15) is 24.5 Å². The summed E-state index contributed by atoms with van der Waals surface area (Å²) < 4.78 is 6.18. The Morgan fingerprint density at radius 1 is 1.09 bits per heavy atom. The Kier molecular flexibility index (Phi) is 5.45. The number of rotatable bonds is 4. The molecule has 1 aromatic heterocycles. The minimum Gasteiger partial charge on any atom is -0.457 e. The largest absolute Gasteiger partial charge is 0.457 e. The summed E-state index contributed by atoms with van der Waals surface area (Å²) in [6.45, 7) is 1.75. The number of benzene rings is 2. The lowest BCUT2D eigenvalue weighted by Gasteiger charge is -2.27. The van der Waals surface area contributed by atoms with Crippen molar-refractivity contribution in [1.82, 2.24) is 5.32 Å². The van der Waals surface area contributed by atoms with Crippen LogP contribution in [0.25, 0.3) is 17.4 Å². The number of furan rings is 1. The van der Waals surface area contributed by atoms with Gasteiger partial charge in [-0.1, -0.05) is 18.2 Å². The van der Waals surface area contributed by atoms with Gasteiger partial charge in [-0.2, -0.15) is 0 Å². The number of anilines is 1. The molecule has 4 amide bonds. The molecule has 0 radical (unpaired) electrons. The number of hydrogen-bond donors (Lipinski definition) is 1. The molecule has 0 unspecified atom stereocenters. The van der Waals surface area contributed by atoms with Crippen LogP contribution in [-0.4, -0.2) is 22.8 Å². The first-order valence-electron chi connectivity index (χ1n) is 9.27. The van der Waals surface area contributed by atoms with Gasteiger partial charge in [0.15, 0.2) is 0 Å². The van der Waals surface area contributed by atoms with E-state index in [4.69, 9.17) is 4.42 Å². The number of nitro groups is 1. The summed E-state index contributed by atoms with van der Waals surface area (Å²) in [6.07, 6.45) is 1.25. The van der Waals surface area contributed by atoms with Crippen LogP contribution < -0.4 is 10.2 Å². The number of non-ortho nitro benzene ring substituents is 1. The fourth-order valence-electron chi connectivity index (χ4n) is 3.23. The van der Waals surface area contributed by atoms with Crippen molar-refractivity contribution >= 4 is 51.2 Å². The zero-order valence-electron chi connectivity index (χ0n) is 16.5. The third kappa shape index (κ3) is 3.83. The number of carbonyl (C=O) groups excluding carboxylic acids is 3. The second-order valence-corrected chi connectivity index (χ2v) is 7.72. The van der Waals surface area contributed by atoms with Gasteiger partial charge in [0.25, 0.3) is 17.5 Å². The van der Waals surface area contributed by atoms with E-state index in [2.05, 4.69) is 21.2 Å². The highest BCUT2D eigenvalue weighted by Gasteiger charge is 2.37. The molecular formula is C22H14BrN3O6. The van der Waals surface area contributed by atoms with E-state index >= 15 is 0 Å². The normalized spacial score (nSPS) is 15.2. The molecule has 32 heavy (non-hydrogen) atoms. The molecule has 0 atom stereocenters. The number of hydrogen-bond acceptors (Lipinski definition) is 6. The fraction of sp³-hybridized carbons (Fsp3) is 0.0455. The summed E-state index contributed by atoms with van der Waals surface area (Å²) in [5.74, 6) is -1.04. The van der Waals surface area contributed by atoms with Crippen LogP contribution in [0.5, 0.6) is 0 Å². The third-order valence-corrected chi connectivity index (χ3v) is 5.46. The number of imide groups is 2. The summed E-state index contributed by atoms with van der Waals surface area (Å²) in [4.78, 5) is 49.0. The molecule has 2 heterocycles. The minimum atomic E-state index is -0.834. The molecule has 3 aromatic rings. The highest BCUT2D eigenvalue weighted by atomic mass is 79.9. The Labute approximate surface area is 189 Å². The number of para-hydroxylation sites is 1. The smallest absolute Gasteiger partial charge is 0.335 e. The van der Waals surface area contributed by atoms with Crippen molar-refractivity contribution in [2.24, 2.45) is 0 Å². The van der Waals surface area contributed by atoms with Crippen LogP contribution in [0.1, 0.15) is 11.3 Å². The van der Waals surface area contributed by atoms with E-state index in [0.29, 0.717) is 27.0 Å². The second kappa shape index (κ2) is 8.23. The molecule has 1 aliphatic rings. The van der Waals surface area contributed by atoms with Crippen LogP contribution in [0, 0.1) is 17.0 Å². The van der Waals surface area contributed by atoms with Crippen LogP contribution >= 0.6 is 15.9 Å².